The van der Waals surface area contributed by atoms with Gasteiger partial charge in [-0.25, -0.2) is 0 Å². The molecule has 0 aliphatic heterocycles. The van der Waals surface area contributed by atoms with Gasteiger partial charge in [-0.05, 0) is 55.0 Å². The SMILES string of the molecule is CC(NC(=O)c1ccc(-c2cc(-c3cccc(C(F)(F)F)c3)[nH]n2)cc1)c1ccc(N)cc1. The first kappa shape index (κ1) is 22.1. The number of rotatable bonds is 5. The van der Waals surface area contributed by atoms with Crippen LogP contribution in [-0.4, -0.2) is 16.1 Å². The third-order valence-corrected chi connectivity index (χ3v) is 5.31. The van der Waals surface area contributed by atoms with Crippen LogP contribution in [0.4, 0.5) is 18.9 Å². The third-order valence-electron chi connectivity index (χ3n) is 5.31. The van der Waals surface area contributed by atoms with Crippen molar-refractivity contribution in [2.45, 2.75) is 19.1 Å². The summed E-state index contributed by atoms with van der Waals surface area (Å²) in [5, 5.41) is 9.93. The number of aromatic nitrogens is 2. The van der Waals surface area contributed by atoms with Crippen molar-refractivity contribution in [1.29, 1.82) is 0 Å². The summed E-state index contributed by atoms with van der Waals surface area (Å²) in [7, 11) is 0. The zero-order chi connectivity index (χ0) is 23.6. The first-order chi connectivity index (χ1) is 15.7. The molecule has 0 saturated carbocycles. The van der Waals surface area contributed by atoms with Gasteiger partial charge in [0.05, 0.1) is 23.0 Å². The Labute approximate surface area is 188 Å². The molecule has 8 heteroatoms. The van der Waals surface area contributed by atoms with E-state index in [4.69, 9.17) is 5.73 Å². The summed E-state index contributed by atoms with van der Waals surface area (Å²) < 4.78 is 39.0. The lowest BCUT2D eigenvalue weighted by molar-refractivity contribution is -0.137. The number of hydrogen-bond donors (Lipinski definition) is 3. The van der Waals surface area contributed by atoms with E-state index in [1.165, 1.54) is 6.07 Å². The van der Waals surface area contributed by atoms with Crippen LogP contribution in [-0.2, 0) is 6.18 Å². The second kappa shape index (κ2) is 8.82. The average Bonchev–Trinajstić information content (AvgIpc) is 3.29. The molecule has 1 atom stereocenters. The van der Waals surface area contributed by atoms with Gasteiger partial charge in [-0.15, -0.1) is 0 Å². The van der Waals surface area contributed by atoms with Gasteiger partial charge >= 0.3 is 6.18 Å². The number of H-pyrrole nitrogens is 1. The summed E-state index contributed by atoms with van der Waals surface area (Å²) in [4.78, 5) is 12.6. The van der Waals surface area contributed by atoms with Gasteiger partial charge in [0.2, 0.25) is 0 Å². The molecule has 168 valence electrons. The molecular formula is C25H21F3N4O. The Morgan fingerprint density at radius 3 is 2.33 bits per heavy atom. The lowest BCUT2D eigenvalue weighted by Gasteiger charge is -2.14. The Kier molecular flexibility index (Phi) is 5.91. The molecule has 1 amide bonds. The minimum atomic E-state index is -4.42. The van der Waals surface area contributed by atoms with Gasteiger partial charge in [-0.1, -0.05) is 36.4 Å². The van der Waals surface area contributed by atoms with Crippen molar-refractivity contribution < 1.29 is 18.0 Å². The Bertz CT molecular complexity index is 1260. The number of carbonyl (C=O) groups is 1. The zero-order valence-electron chi connectivity index (χ0n) is 17.6. The number of amides is 1. The number of nitrogen functional groups attached to an aromatic ring is 1. The van der Waals surface area contributed by atoms with Gasteiger partial charge in [-0.3, -0.25) is 9.89 Å². The molecule has 1 heterocycles. The van der Waals surface area contributed by atoms with Crippen molar-refractivity contribution in [2.24, 2.45) is 0 Å². The Morgan fingerprint density at radius 1 is 0.970 bits per heavy atom. The van der Waals surface area contributed by atoms with E-state index in [0.29, 0.717) is 28.2 Å². The van der Waals surface area contributed by atoms with Crippen LogP contribution in [0.1, 0.15) is 34.5 Å². The van der Waals surface area contributed by atoms with E-state index in [2.05, 4.69) is 15.5 Å². The highest BCUT2D eigenvalue weighted by Crippen LogP contribution is 2.32. The topological polar surface area (TPSA) is 83.8 Å². The van der Waals surface area contributed by atoms with Crippen molar-refractivity contribution in [1.82, 2.24) is 15.5 Å². The molecule has 0 bridgehead atoms. The normalized spacial score (nSPS) is 12.4. The molecule has 33 heavy (non-hydrogen) atoms. The molecule has 0 radical (unpaired) electrons. The lowest BCUT2D eigenvalue weighted by Crippen LogP contribution is -2.26. The molecular weight excluding hydrogens is 429 g/mol. The highest BCUT2D eigenvalue weighted by molar-refractivity contribution is 5.95. The van der Waals surface area contributed by atoms with Gasteiger partial charge in [0.15, 0.2) is 0 Å². The number of alkyl halides is 3. The molecule has 4 aromatic rings. The second-order valence-electron chi connectivity index (χ2n) is 7.68. The molecule has 5 nitrogen and oxygen atoms in total. The molecule has 0 aliphatic carbocycles. The number of nitrogens with zero attached hydrogens (tertiary/aromatic N) is 1. The summed E-state index contributed by atoms with van der Waals surface area (Å²) in [5.74, 6) is -0.224. The van der Waals surface area contributed by atoms with E-state index < -0.39 is 11.7 Å². The van der Waals surface area contributed by atoms with Crippen LogP contribution in [0.2, 0.25) is 0 Å². The maximum Gasteiger partial charge on any atom is 0.416 e. The van der Waals surface area contributed by atoms with Gasteiger partial charge in [-0.2, -0.15) is 18.3 Å². The summed E-state index contributed by atoms with van der Waals surface area (Å²) in [5.41, 5.74) is 9.19. The number of aromatic amines is 1. The van der Waals surface area contributed by atoms with E-state index in [1.807, 2.05) is 19.1 Å². The number of anilines is 1. The number of nitrogens with one attached hydrogen (secondary N) is 2. The molecule has 0 saturated heterocycles. The summed E-state index contributed by atoms with van der Waals surface area (Å²) in [6, 6.07) is 20.7. The third kappa shape index (κ3) is 5.06. The van der Waals surface area contributed by atoms with Crippen LogP contribution < -0.4 is 11.1 Å². The number of halogens is 3. The number of benzene rings is 3. The van der Waals surface area contributed by atoms with Crippen LogP contribution in [0.15, 0.2) is 78.9 Å². The van der Waals surface area contributed by atoms with E-state index in [-0.39, 0.29) is 11.9 Å². The molecule has 3 aromatic carbocycles. The summed E-state index contributed by atoms with van der Waals surface area (Å²) in [6.07, 6.45) is -4.42. The highest BCUT2D eigenvalue weighted by Gasteiger charge is 2.30. The highest BCUT2D eigenvalue weighted by atomic mass is 19.4. The molecule has 0 fully saturated rings. The number of carbonyl (C=O) groups excluding carboxylic acids is 1. The largest absolute Gasteiger partial charge is 0.416 e. The number of nitrogens with two attached hydrogens (primary N) is 1. The van der Waals surface area contributed by atoms with Crippen molar-refractivity contribution in [3.8, 4) is 22.5 Å². The van der Waals surface area contributed by atoms with Crippen molar-refractivity contribution >= 4 is 11.6 Å². The minimum Gasteiger partial charge on any atom is -0.399 e. The molecule has 4 N–H and O–H groups in total. The van der Waals surface area contributed by atoms with Crippen LogP contribution in [0.5, 0.6) is 0 Å². The average molecular weight is 450 g/mol. The number of hydrogen-bond acceptors (Lipinski definition) is 3. The standard InChI is InChI=1S/C25H21F3N4O/c1-15(16-9-11-21(29)12-10-16)30-24(33)18-7-5-17(6-8-18)22-14-23(32-31-22)19-3-2-4-20(13-19)25(26,27)28/h2-15H,29H2,1H3,(H,30,33)(H,31,32). The Morgan fingerprint density at radius 2 is 1.67 bits per heavy atom. The quantitative estimate of drug-likeness (QED) is 0.334. The van der Waals surface area contributed by atoms with Crippen LogP contribution in [0, 0.1) is 0 Å². The predicted molar refractivity (Wildman–Crippen MR) is 121 cm³/mol. The van der Waals surface area contributed by atoms with Crippen molar-refractivity contribution in [2.75, 3.05) is 5.73 Å². The van der Waals surface area contributed by atoms with Gasteiger partial charge in [0, 0.05) is 22.4 Å². The van der Waals surface area contributed by atoms with Crippen molar-refractivity contribution in [3.05, 3.63) is 95.6 Å². The molecule has 1 aromatic heterocycles. The van der Waals surface area contributed by atoms with Gasteiger partial charge < -0.3 is 11.1 Å². The first-order valence-corrected chi connectivity index (χ1v) is 10.2. The summed E-state index contributed by atoms with van der Waals surface area (Å²) in [6.45, 7) is 1.89. The van der Waals surface area contributed by atoms with Gasteiger partial charge in [0.25, 0.3) is 5.91 Å². The van der Waals surface area contributed by atoms with E-state index in [0.717, 1.165) is 23.3 Å². The monoisotopic (exact) mass is 450 g/mol. The fraction of sp³-hybridized carbons (Fsp3) is 0.120. The lowest BCUT2D eigenvalue weighted by atomic mass is 10.0. The maximum absolute atomic E-state index is 13.0. The van der Waals surface area contributed by atoms with E-state index in [9.17, 15) is 18.0 Å². The predicted octanol–water partition coefficient (Wildman–Crippen LogP) is 5.84. The van der Waals surface area contributed by atoms with Crippen LogP contribution >= 0.6 is 0 Å². The van der Waals surface area contributed by atoms with Crippen molar-refractivity contribution in [3.63, 3.8) is 0 Å². The molecule has 0 aliphatic rings. The fourth-order valence-corrected chi connectivity index (χ4v) is 3.42. The zero-order valence-corrected chi connectivity index (χ0v) is 17.6. The molecule has 4 rings (SSSR count). The van der Waals surface area contributed by atoms with E-state index in [1.54, 1.807) is 48.5 Å². The molecule has 0 spiro atoms. The maximum atomic E-state index is 13.0. The van der Waals surface area contributed by atoms with Crippen LogP contribution in [0.3, 0.4) is 0 Å². The molecule has 1 unspecified atom stereocenters. The first-order valence-electron chi connectivity index (χ1n) is 10.2. The Hall–Kier alpha value is -4.07. The van der Waals surface area contributed by atoms with Gasteiger partial charge in [0.1, 0.15) is 0 Å². The Balaban J connectivity index is 1.47. The smallest absolute Gasteiger partial charge is 0.399 e. The second-order valence-corrected chi connectivity index (χ2v) is 7.68. The van der Waals surface area contributed by atoms with E-state index >= 15 is 0 Å². The minimum absolute atomic E-state index is 0.195. The summed E-state index contributed by atoms with van der Waals surface area (Å²) >= 11 is 0. The van der Waals surface area contributed by atoms with Crippen LogP contribution in [0.25, 0.3) is 22.5 Å². The fourth-order valence-electron chi connectivity index (χ4n) is 3.42.